The van der Waals surface area contributed by atoms with Gasteiger partial charge in [0.15, 0.2) is 6.10 Å². The van der Waals surface area contributed by atoms with Gasteiger partial charge in [-0.2, -0.15) is 0 Å². The van der Waals surface area contributed by atoms with E-state index in [1.165, 1.54) is 5.56 Å². The number of rotatable bonds is 3. The fraction of sp³-hybridized carbons (Fsp3) is 0.188. The van der Waals surface area contributed by atoms with Crippen molar-refractivity contribution in [1.82, 2.24) is 5.43 Å². The largest absolute Gasteiger partial charge is 0.476 e. The average Bonchev–Trinajstić information content (AvgIpc) is 2.55. The lowest BCUT2D eigenvalue weighted by atomic mass is 10.1. The Morgan fingerprint density at radius 1 is 1.19 bits per heavy atom. The van der Waals surface area contributed by atoms with Crippen molar-refractivity contribution in [2.24, 2.45) is 5.84 Å². The highest BCUT2D eigenvalue weighted by Gasteiger charge is 2.30. The van der Waals surface area contributed by atoms with Crippen LogP contribution in [0.25, 0.3) is 0 Å². The Morgan fingerprint density at radius 2 is 1.90 bits per heavy atom. The van der Waals surface area contributed by atoms with Gasteiger partial charge in [0.1, 0.15) is 5.75 Å². The lowest BCUT2D eigenvalue weighted by Gasteiger charge is -2.35. The van der Waals surface area contributed by atoms with Gasteiger partial charge in [-0.25, -0.2) is 5.84 Å². The van der Waals surface area contributed by atoms with Gasteiger partial charge in [-0.3, -0.25) is 10.2 Å². The summed E-state index contributed by atoms with van der Waals surface area (Å²) in [6, 6.07) is 17.8. The molecule has 2 aromatic rings. The van der Waals surface area contributed by atoms with Gasteiger partial charge in [-0.1, -0.05) is 42.5 Å². The van der Waals surface area contributed by atoms with E-state index >= 15 is 0 Å². The fourth-order valence-corrected chi connectivity index (χ4v) is 2.49. The Morgan fingerprint density at radius 3 is 2.67 bits per heavy atom. The van der Waals surface area contributed by atoms with Crippen LogP contribution in [-0.4, -0.2) is 18.6 Å². The van der Waals surface area contributed by atoms with Gasteiger partial charge in [0.05, 0.1) is 12.2 Å². The molecule has 108 valence electrons. The first-order valence-electron chi connectivity index (χ1n) is 6.83. The van der Waals surface area contributed by atoms with Crippen LogP contribution in [0.4, 0.5) is 5.69 Å². The van der Waals surface area contributed by atoms with E-state index in [4.69, 9.17) is 10.6 Å². The lowest BCUT2D eigenvalue weighted by Crippen LogP contribution is -2.50. The highest BCUT2D eigenvalue weighted by Crippen LogP contribution is 2.33. The van der Waals surface area contributed by atoms with Crippen molar-refractivity contribution in [2.75, 3.05) is 11.4 Å². The minimum atomic E-state index is -0.603. The van der Waals surface area contributed by atoms with Gasteiger partial charge >= 0.3 is 0 Å². The number of carbonyl (C=O) groups is 1. The van der Waals surface area contributed by atoms with E-state index in [9.17, 15) is 4.79 Å². The van der Waals surface area contributed by atoms with Crippen LogP contribution in [-0.2, 0) is 11.3 Å². The summed E-state index contributed by atoms with van der Waals surface area (Å²) in [5.41, 5.74) is 4.33. The minimum Gasteiger partial charge on any atom is -0.476 e. The maximum Gasteiger partial charge on any atom is 0.276 e. The summed E-state index contributed by atoms with van der Waals surface area (Å²) in [6.07, 6.45) is -0.603. The standard InChI is InChI=1S/C16H17N3O2/c17-18-16(20)15-11-19(10-12-6-2-1-3-7-12)13-8-4-5-9-14(13)21-15/h1-9,15H,10-11,17H2,(H,18,20). The van der Waals surface area contributed by atoms with Crippen molar-refractivity contribution < 1.29 is 9.53 Å². The molecule has 21 heavy (non-hydrogen) atoms. The van der Waals surface area contributed by atoms with Gasteiger partial charge in [0.25, 0.3) is 5.91 Å². The van der Waals surface area contributed by atoms with E-state index < -0.39 is 6.10 Å². The normalized spacial score (nSPS) is 16.8. The molecule has 0 saturated heterocycles. The summed E-state index contributed by atoms with van der Waals surface area (Å²) < 4.78 is 5.72. The van der Waals surface area contributed by atoms with Crippen molar-refractivity contribution in [2.45, 2.75) is 12.6 Å². The third-order valence-corrected chi connectivity index (χ3v) is 3.51. The average molecular weight is 283 g/mol. The number of hydrogen-bond acceptors (Lipinski definition) is 4. The molecule has 0 aliphatic carbocycles. The zero-order chi connectivity index (χ0) is 14.7. The SMILES string of the molecule is NNC(=O)C1CN(Cc2ccccc2)c2ccccc2O1. The summed E-state index contributed by atoms with van der Waals surface area (Å²) in [5.74, 6) is 5.61. The van der Waals surface area contributed by atoms with Crippen LogP contribution in [0.5, 0.6) is 5.75 Å². The topological polar surface area (TPSA) is 67.6 Å². The molecule has 5 heteroatoms. The molecule has 0 fully saturated rings. The first-order valence-corrected chi connectivity index (χ1v) is 6.83. The van der Waals surface area contributed by atoms with Crippen LogP contribution in [0.15, 0.2) is 54.6 Å². The zero-order valence-electron chi connectivity index (χ0n) is 11.5. The van der Waals surface area contributed by atoms with Crippen LogP contribution in [0.3, 0.4) is 0 Å². The summed E-state index contributed by atoms with van der Waals surface area (Å²) >= 11 is 0. The monoisotopic (exact) mass is 283 g/mol. The third kappa shape index (κ3) is 2.83. The Kier molecular flexibility index (Phi) is 3.75. The molecular formula is C16H17N3O2. The number of hydrazine groups is 1. The number of nitrogens with zero attached hydrogens (tertiary/aromatic N) is 1. The number of anilines is 1. The van der Waals surface area contributed by atoms with Gasteiger partial charge in [-0.15, -0.1) is 0 Å². The Balaban J connectivity index is 1.89. The van der Waals surface area contributed by atoms with Crippen LogP contribution < -0.4 is 20.9 Å². The maximum absolute atomic E-state index is 11.8. The van der Waals surface area contributed by atoms with Crippen LogP contribution in [0.2, 0.25) is 0 Å². The highest BCUT2D eigenvalue weighted by molar-refractivity contribution is 5.82. The van der Waals surface area contributed by atoms with Gasteiger partial charge in [0.2, 0.25) is 0 Å². The number of nitrogens with two attached hydrogens (primary N) is 1. The Labute approximate surface area is 123 Å². The van der Waals surface area contributed by atoms with E-state index in [1.807, 2.05) is 42.5 Å². The fourth-order valence-electron chi connectivity index (χ4n) is 2.49. The van der Waals surface area contributed by atoms with Crippen molar-refractivity contribution in [3.05, 3.63) is 60.2 Å². The van der Waals surface area contributed by atoms with Crippen LogP contribution >= 0.6 is 0 Å². The Bertz CT molecular complexity index is 630. The summed E-state index contributed by atoms with van der Waals surface area (Å²) in [6.45, 7) is 1.19. The lowest BCUT2D eigenvalue weighted by molar-refractivity contribution is -0.127. The molecule has 2 aromatic carbocycles. The number of fused-ring (bicyclic) bond motifs is 1. The number of nitrogens with one attached hydrogen (secondary N) is 1. The van der Waals surface area contributed by atoms with Crippen molar-refractivity contribution in [3.8, 4) is 5.75 Å². The molecule has 1 atom stereocenters. The van der Waals surface area contributed by atoms with Crippen LogP contribution in [0, 0.1) is 0 Å². The van der Waals surface area contributed by atoms with E-state index in [0.717, 1.165) is 12.2 Å². The second-order valence-electron chi connectivity index (χ2n) is 4.95. The molecule has 1 aliphatic rings. The van der Waals surface area contributed by atoms with Crippen LogP contribution in [0.1, 0.15) is 5.56 Å². The molecule has 1 unspecified atom stereocenters. The second-order valence-corrected chi connectivity index (χ2v) is 4.95. The summed E-state index contributed by atoms with van der Waals surface area (Å²) in [4.78, 5) is 13.9. The minimum absolute atomic E-state index is 0.317. The van der Waals surface area contributed by atoms with E-state index in [2.05, 4.69) is 22.5 Å². The zero-order valence-corrected chi connectivity index (χ0v) is 11.5. The summed E-state index contributed by atoms with van der Waals surface area (Å²) in [7, 11) is 0. The van der Waals surface area contributed by atoms with E-state index in [-0.39, 0.29) is 5.91 Å². The van der Waals surface area contributed by atoms with Crippen molar-refractivity contribution >= 4 is 11.6 Å². The van der Waals surface area contributed by atoms with Crippen molar-refractivity contribution in [3.63, 3.8) is 0 Å². The molecule has 3 rings (SSSR count). The Hall–Kier alpha value is -2.53. The van der Waals surface area contributed by atoms with E-state index in [0.29, 0.717) is 12.3 Å². The number of ether oxygens (including phenoxy) is 1. The van der Waals surface area contributed by atoms with Gasteiger partial charge in [0, 0.05) is 6.54 Å². The molecule has 0 saturated carbocycles. The quantitative estimate of drug-likeness (QED) is 0.508. The third-order valence-electron chi connectivity index (χ3n) is 3.51. The predicted molar refractivity (Wildman–Crippen MR) is 80.7 cm³/mol. The molecular weight excluding hydrogens is 266 g/mol. The van der Waals surface area contributed by atoms with E-state index in [1.54, 1.807) is 0 Å². The molecule has 1 amide bonds. The number of benzene rings is 2. The first kappa shape index (κ1) is 13.5. The second kappa shape index (κ2) is 5.85. The molecule has 0 spiro atoms. The molecule has 5 nitrogen and oxygen atoms in total. The maximum atomic E-state index is 11.8. The molecule has 0 radical (unpaired) electrons. The highest BCUT2D eigenvalue weighted by atomic mass is 16.5. The number of para-hydroxylation sites is 2. The smallest absolute Gasteiger partial charge is 0.276 e. The molecule has 0 bridgehead atoms. The molecule has 0 aromatic heterocycles. The van der Waals surface area contributed by atoms with Gasteiger partial charge < -0.3 is 9.64 Å². The van der Waals surface area contributed by atoms with Crippen molar-refractivity contribution in [1.29, 1.82) is 0 Å². The number of hydrogen-bond donors (Lipinski definition) is 2. The molecule has 1 aliphatic heterocycles. The number of carbonyl (C=O) groups excluding carboxylic acids is 1. The predicted octanol–water partition coefficient (Wildman–Crippen LogP) is 1.44. The number of amides is 1. The molecule has 1 heterocycles. The first-order chi connectivity index (χ1) is 10.3. The summed E-state index contributed by atoms with van der Waals surface area (Å²) in [5, 5.41) is 0. The van der Waals surface area contributed by atoms with Gasteiger partial charge in [-0.05, 0) is 17.7 Å². The molecule has 3 N–H and O–H groups in total.